The van der Waals surface area contributed by atoms with E-state index in [1.54, 1.807) is 13.2 Å². The van der Waals surface area contributed by atoms with Crippen LogP contribution in [0.2, 0.25) is 0 Å². The number of rotatable bonds is 5. The summed E-state index contributed by atoms with van der Waals surface area (Å²) in [5.74, 6) is 0.503. The number of methoxy groups -OCH3 is 1. The molecule has 0 atom stereocenters. The summed E-state index contributed by atoms with van der Waals surface area (Å²) in [4.78, 5) is 0. The van der Waals surface area contributed by atoms with Crippen LogP contribution in [0, 0.1) is 5.82 Å². The van der Waals surface area contributed by atoms with Gasteiger partial charge < -0.3 is 9.47 Å². The van der Waals surface area contributed by atoms with E-state index in [2.05, 4.69) is 15.9 Å². The Hall–Kier alpha value is -1.39. The Morgan fingerprint density at radius 3 is 2.68 bits per heavy atom. The average molecular weight is 325 g/mol. The van der Waals surface area contributed by atoms with Crippen LogP contribution in [0.25, 0.3) is 0 Å². The van der Waals surface area contributed by atoms with Gasteiger partial charge in [0, 0.05) is 17.1 Å². The van der Waals surface area contributed by atoms with Crippen LogP contribution in [0.4, 0.5) is 4.39 Å². The zero-order valence-electron chi connectivity index (χ0n) is 10.5. The second-order valence-electron chi connectivity index (χ2n) is 4.10. The summed E-state index contributed by atoms with van der Waals surface area (Å²) in [6.45, 7) is 0.939. The Balaban J connectivity index is 2.03. The maximum atomic E-state index is 13.0. The number of benzene rings is 2. The minimum atomic E-state index is -0.266. The first-order valence-corrected chi connectivity index (χ1v) is 6.63. The van der Waals surface area contributed by atoms with E-state index in [0.717, 1.165) is 16.9 Å². The molecule has 0 spiro atoms. The van der Waals surface area contributed by atoms with Gasteiger partial charge in [0.25, 0.3) is 0 Å². The van der Waals surface area contributed by atoms with Crippen molar-refractivity contribution in [2.24, 2.45) is 0 Å². The highest BCUT2D eigenvalue weighted by Gasteiger charge is 2.03. The Morgan fingerprint density at radius 1 is 1.11 bits per heavy atom. The lowest BCUT2D eigenvalue weighted by Gasteiger charge is -2.09. The SMILES string of the molecule is COCc1cccc(OCc2ccc(F)cc2Br)c1. The molecule has 2 aromatic carbocycles. The number of hydrogen-bond donors (Lipinski definition) is 0. The van der Waals surface area contributed by atoms with Crippen molar-refractivity contribution in [1.82, 2.24) is 0 Å². The van der Waals surface area contributed by atoms with Crippen LogP contribution in [0.5, 0.6) is 5.75 Å². The van der Waals surface area contributed by atoms with Gasteiger partial charge in [-0.15, -0.1) is 0 Å². The summed E-state index contributed by atoms with van der Waals surface area (Å²) in [7, 11) is 1.66. The zero-order chi connectivity index (χ0) is 13.7. The molecule has 4 heteroatoms. The van der Waals surface area contributed by atoms with Crippen molar-refractivity contribution in [2.45, 2.75) is 13.2 Å². The van der Waals surface area contributed by atoms with Gasteiger partial charge in [-0.25, -0.2) is 4.39 Å². The number of halogens is 2. The molecule has 0 N–H and O–H groups in total. The molecule has 0 amide bonds. The predicted molar refractivity (Wildman–Crippen MR) is 75.6 cm³/mol. The molecule has 2 aromatic rings. The van der Waals surface area contributed by atoms with Gasteiger partial charge in [-0.2, -0.15) is 0 Å². The number of ether oxygens (including phenoxy) is 2. The van der Waals surface area contributed by atoms with E-state index in [-0.39, 0.29) is 5.82 Å². The van der Waals surface area contributed by atoms with Gasteiger partial charge in [-0.05, 0) is 29.8 Å². The third-order valence-corrected chi connectivity index (χ3v) is 3.36. The Labute approximate surface area is 120 Å². The highest BCUT2D eigenvalue weighted by Crippen LogP contribution is 2.21. The van der Waals surface area contributed by atoms with E-state index in [0.29, 0.717) is 17.7 Å². The molecule has 19 heavy (non-hydrogen) atoms. The van der Waals surface area contributed by atoms with E-state index in [1.165, 1.54) is 12.1 Å². The lowest BCUT2D eigenvalue weighted by atomic mass is 10.2. The van der Waals surface area contributed by atoms with Gasteiger partial charge in [0.1, 0.15) is 18.2 Å². The van der Waals surface area contributed by atoms with Crippen molar-refractivity contribution in [2.75, 3.05) is 7.11 Å². The molecule has 0 bridgehead atoms. The molecule has 100 valence electrons. The predicted octanol–water partition coefficient (Wildman–Crippen LogP) is 4.31. The van der Waals surface area contributed by atoms with E-state index >= 15 is 0 Å². The van der Waals surface area contributed by atoms with Crippen LogP contribution in [0.15, 0.2) is 46.9 Å². The second kappa shape index (κ2) is 6.68. The van der Waals surface area contributed by atoms with E-state index in [9.17, 15) is 4.39 Å². The quantitative estimate of drug-likeness (QED) is 0.815. The highest BCUT2D eigenvalue weighted by molar-refractivity contribution is 9.10. The molecule has 0 aliphatic rings. The van der Waals surface area contributed by atoms with Crippen LogP contribution in [0.3, 0.4) is 0 Å². The fourth-order valence-electron chi connectivity index (χ4n) is 1.69. The lowest BCUT2D eigenvalue weighted by Crippen LogP contribution is -1.97. The standard InChI is InChI=1S/C15H14BrFO2/c1-18-9-11-3-2-4-14(7-11)19-10-12-5-6-13(17)8-15(12)16/h2-8H,9-10H2,1H3. The molecule has 0 aromatic heterocycles. The smallest absolute Gasteiger partial charge is 0.124 e. The molecule has 0 saturated heterocycles. The minimum Gasteiger partial charge on any atom is -0.489 e. The molecular formula is C15H14BrFO2. The van der Waals surface area contributed by atoms with E-state index in [1.807, 2.05) is 24.3 Å². The maximum Gasteiger partial charge on any atom is 0.124 e. The van der Waals surface area contributed by atoms with E-state index < -0.39 is 0 Å². The molecule has 0 saturated carbocycles. The van der Waals surface area contributed by atoms with Crippen molar-refractivity contribution in [3.05, 3.63) is 63.9 Å². The Morgan fingerprint density at radius 2 is 1.95 bits per heavy atom. The summed E-state index contributed by atoms with van der Waals surface area (Å²) < 4.78 is 24.4. The van der Waals surface area contributed by atoms with Gasteiger partial charge >= 0.3 is 0 Å². The monoisotopic (exact) mass is 324 g/mol. The van der Waals surface area contributed by atoms with Crippen LogP contribution >= 0.6 is 15.9 Å². The summed E-state index contributed by atoms with van der Waals surface area (Å²) in [5.41, 5.74) is 1.96. The Kier molecular flexibility index (Phi) is 4.93. The summed E-state index contributed by atoms with van der Waals surface area (Å²) in [5, 5.41) is 0. The topological polar surface area (TPSA) is 18.5 Å². The lowest BCUT2D eigenvalue weighted by molar-refractivity contribution is 0.184. The molecular weight excluding hydrogens is 311 g/mol. The normalized spacial score (nSPS) is 10.5. The molecule has 0 fully saturated rings. The number of hydrogen-bond acceptors (Lipinski definition) is 2. The Bertz CT molecular complexity index is 558. The van der Waals surface area contributed by atoms with Crippen LogP contribution < -0.4 is 4.74 Å². The zero-order valence-corrected chi connectivity index (χ0v) is 12.1. The third-order valence-electron chi connectivity index (χ3n) is 2.62. The summed E-state index contributed by atoms with van der Waals surface area (Å²) >= 11 is 3.32. The van der Waals surface area contributed by atoms with Crippen molar-refractivity contribution in [3.8, 4) is 5.75 Å². The molecule has 0 radical (unpaired) electrons. The van der Waals surface area contributed by atoms with E-state index in [4.69, 9.17) is 9.47 Å². The molecule has 2 nitrogen and oxygen atoms in total. The third kappa shape index (κ3) is 4.04. The maximum absolute atomic E-state index is 13.0. The largest absolute Gasteiger partial charge is 0.489 e. The fourth-order valence-corrected chi connectivity index (χ4v) is 2.16. The second-order valence-corrected chi connectivity index (χ2v) is 4.96. The summed E-state index contributed by atoms with van der Waals surface area (Å²) in [6, 6.07) is 12.3. The van der Waals surface area contributed by atoms with Crippen molar-refractivity contribution in [3.63, 3.8) is 0 Å². The van der Waals surface area contributed by atoms with Gasteiger partial charge in [-0.1, -0.05) is 34.1 Å². The average Bonchev–Trinajstić information content (AvgIpc) is 2.38. The van der Waals surface area contributed by atoms with Gasteiger partial charge in [0.2, 0.25) is 0 Å². The first-order valence-electron chi connectivity index (χ1n) is 5.83. The van der Waals surface area contributed by atoms with Crippen LogP contribution in [-0.2, 0) is 18.0 Å². The minimum absolute atomic E-state index is 0.266. The van der Waals surface area contributed by atoms with Gasteiger partial charge in [0.05, 0.1) is 6.61 Å². The van der Waals surface area contributed by atoms with Crippen molar-refractivity contribution >= 4 is 15.9 Å². The van der Waals surface area contributed by atoms with Gasteiger partial charge in [-0.3, -0.25) is 0 Å². The fraction of sp³-hybridized carbons (Fsp3) is 0.200. The summed E-state index contributed by atoms with van der Waals surface area (Å²) in [6.07, 6.45) is 0. The molecule has 0 aliphatic heterocycles. The van der Waals surface area contributed by atoms with Crippen molar-refractivity contribution < 1.29 is 13.9 Å². The molecule has 0 aliphatic carbocycles. The van der Waals surface area contributed by atoms with Crippen LogP contribution in [-0.4, -0.2) is 7.11 Å². The van der Waals surface area contributed by atoms with Crippen LogP contribution in [0.1, 0.15) is 11.1 Å². The highest BCUT2D eigenvalue weighted by atomic mass is 79.9. The molecule has 0 unspecified atom stereocenters. The molecule has 2 rings (SSSR count). The first kappa shape index (κ1) is 14.0. The van der Waals surface area contributed by atoms with Crippen molar-refractivity contribution in [1.29, 1.82) is 0 Å². The van der Waals surface area contributed by atoms with Gasteiger partial charge in [0.15, 0.2) is 0 Å². The first-order chi connectivity index (χ1) is 9.19. The molecule has 0 heterocycles.